The average Bonchev–Trinajstić information content (AvgIpc) is 2.41. The summed E-state index contributed by atoms with van der Waals surface area (Å²) in [5, 5.41) is 0. The predicted molar refractivity (Wildman–Crippen MR) is 74.0 cm³/mol. The smallest absolute Gasteiger partial charge is 0.354 e. The van der Waals surface area contributed by atoms with Crippen LogP contribution in [0.4, 0.5) is 0 Å². The number of hydrogen-bond acceptors (Lipinski definition) is 9. The zero-order valence-electron chi connectivity index (χ0n) is 13.9. The van der Waals surface area contributed by atoms with Gasteiger partial charge in [0.2, 0.25) is 11.4 Å². The molecule has 2 unspecified atom stereocenters. The van der Waals surface area contributed by atoms with Gasteiger partial charge in [0.1, 0.15) is 0 Å². The molecular formula is C14H20O9. The van der Waals surface area contributed by atoms with Crippen molar-refractivity contribution in [2.24, 2.45) is 0 Å². The summed E-state index contributed by atoms with van der Waals surface area (Å²) in [6.45, 7) is 4.43. The predicted octanol–water partition coefficient (Wildman–Crippen LogP) is -0.0648. The van der Waals surface area contributed by atoms with Gasteiger partial charge in [0, 0.05) is 20.8 Å². The van der Waals surface area contributed by atoms with Gasteiger partial charge in [-0.1, -0.05) is 0 Å². The van der Waals surface area contributed by atoms with Gasteiger partial charge in [-0.3, -0.25) is 19.2 Å². The maximum absolute atomic E-state index is 12.4. The minimum absolute atomic E-state index is 0.754. The second-order valence-electron chi connectivity index (χ2n) is 4.95. The highest BCUT2D eigenvalue weighted by Crippen LogP contribution is 2.33. The molecule has 0 heterocycles. The van der Waals surface area contributed by atoms with Gasteiger partial charge in [-0.25, -0.2) is 4.79 Å². The first kappa shape index (κ1) is 20.6. The Kier molecular flexibility index (Phi) is 6.88. The minimum Gasteiger partial charge on any atom is -0.466 e. The molecule has 0 amide bonds. The zero-order chi connectivity index (χ0) is 18.4. The summed E-state index contributed by atoms with van der Waals surface area (Å²) in [4.78, 5) is 58.0. The highest BCUT2D eigenvalue weighted by atomic mass is 16.6. The van der Waals surface area contributed by atoms with Gasteiger partial charge >= 0.3 is 23.9 Å². The molecule has 2 atom stereocenters. The Morgan fingerprint density at radius 2 is 1.22 bits per heavy atom. The summed E-state index contributed by atoms with van der Waals surface area (Å²) < 4.78 is 19.0. The Balaban J connectivity index is 5.98. The maximum atomic E-state index is 12.4. The molecule has 0 aliphatic heterocycles. The van der Waals surface area contributed by atoms with Gasteiger partial charge < -0.3 is 18.9 Å². The van der Waals surface area contributed by atoms with E-state index in [0.717, 1.165) is 41.7 Å². The van der Waals surface area contributed by atoms with Crippen molar-refractivity contribution in [2.45, 2.75) is 45.8 Å². The number of Topliss-reactive ketones (excluding diaryl/α,β-unsaturated/α-hetero) is 1. The van der Waals surface area contributed by atoms with E-state index < -0.39 is 47.5 Å². The number of rotatable bonds is 7. The summed E-state index contributed by atoms with van der Waals surface area (Å²) in [5.74, 6) is -4.65. The summed E-state index contributed by atoms with van der Waals surface area (Å²) in [6.07, 6.45) is 0. The van der Waals surface area contributed by atoms with Crippen LogP contribution in [0, 0.1) is 0 Å². The Hall–Kier alpha value is -2.45. The number of ether oxygens (including phenoxy) is 4. The molecule has 0 saturated carbocycles. The second kappa shape index (κ2) is 7.70. The van der Waals surface area contributed by atoms with E-state index in [4.69, 9.17) is 9.47 Å². The van der Waals surface area contributed by atoms with Gasteiger partial charge in [-0.05, 0) is 13.8 Å². The van der Waals surface area contributed by atoms with E-state index in [9.17, 15) is 24.0 Å². The van der Waals surface area contributed by atoms with Gasteiger partial charge in [0.25, 0.3) is 5.60 Å². The molecule has 0 fully saturated rings. The summed E-state index contributed by atoms with van der Waals surface area (Å²) in [7, 11) is 1.01. The van der Waals surface area contributed by atoms with Crippen molar-refractivity contribution >= 4 is 29.7 Å². The lowest BCUT2D eigenvalue weighted by Crippen LogP contribution is -2.65. The van der Waals surface area contributed by atoms with Crippen LogP contribution in [0.3, 0.4) is 0 Å². The summed E-state index contributed by atoms with van der Waals surface area (Å²) in [5.41, 5.74) is -4.52. The lowest BCUT2D eigenvalue weighted by atomic mass is 9.81. The maximum Gasteiger partial charge on any atom is 0.354 e. The second-order valence-corrected chi connectivity index (χ2v) is 4.95. The van der Waals surface area contributed by atoms with Crippen molar-refractivity contribution < 1.29 is 42.9 Å². The lowest BCUT2D eigenvalue weighted by Gasteiger charge is -2.40. The van der Waals surface area contributed by atoms with Crippen LogP contribution in [-0.4, -0.2) is 54.6 Å². The molecule has 0 N–H and O–H groups in total. The summed E-state index contributed by atoms with van der Waals surface area (Å²) >= 11 is 0. The van der Waals surface area contributed by atoms with Crippen LogP contribution in [0.5, 0.6) is 0 Å². The molecule has 0 aromatic heterocycles. The third kappa shape index (κ3) is 4.76. The molecule has 9 nitrogen and oxygen atoms in total. The fourth-order valence-electron chi connectivity index (χ4n) is 1.83. The van der Waals surface area contributed by atoms with Crippen molar-refractivity contribution in [3.63, 3.8) is 0 Å². The van der Waals surface area contributed by atoms with E-state index in [2.05, 4.69) is 9.47 Å². The molecule has 0 aromatic carbocycles. The van der Waals surface area contributed by atoms with Gasteiger partial charge in [-0.15, -0.1) is 0 Å². The monoisotopic (exact) mass is 332 g/mol. The van der Waals surface area contributed by atoms with E-state index in [-0.39, 0.29) is 0 Å². The highest BCUT2D eigenvalue weighted by Gasteiger charge is 2.61. The van der Waals surface area contributed by atoms with Crippen molar-refractivity contribution in [1.29, 1.82) is 0 Å². The van der Waals surface area contributed by atoms with Crippen molar-refractivity contribution in [3.05, 3.63) is 0 Å². The van der Waals surface area contributed by atoms with Gasteiger partial charge in [0.15, 0.2) is 6.61 Å². The van der Waals surface area contributed by atoms with Crippen LogP contribution in [0.15, 0.2) is 0 Å². The Labute approximate surface area is 133 Å². The van der Waals surface area contributed by atoms with Crippen LogP contribution < -0.4 is 0 Å². The standard InChI is InChI=1S/C14H20O9/c1-8(15)21-7-11(18)13(4,22-9(2)16)14(5,12(19)20-6)23-10(3)17/h7H2,1-6H3. The Morgan fingerprint density at radius 1 is 0.783 bits per heavy atom. The molecule has 0 saturated heterocycles. The highest BCUT2D eigenvalue weighted by molar-refractivity contribution is 5.99. The molecule has 0 aliphatic carbocycles. The SMILES string of the molecule is COC(=O)C(C)(OC(C)=O)C(C)(OC(C)=O)C(=O)COC(C)=O. The summed E-state index contributed by atoms with van der Waals surface area (Å²) in [6, 6.07) is 0. The number of carbonyl (C=O) groups excluding carboxylic acids is 5. The van der Waals surface area contributed by atoms with Crippen LogP contribution in [0.1, 0.15) is 34.6 Å². The van der Waals surface area contributed by atoms with Crippen molar-refractivity contribution in [2.75, 3.05) is 13.7 Å². The fraction of sp³-hybridized carbons (Fsp3) is 0.643. The van der Waals surface area contributed by atoms with Crippen molar-refractivity contribution in [3.8, 4) is 0 Å². The normalized spacial score (nSPS) is 15.4. The van der Waals surface area contributed by atoms with E-state index in [1.165, 1.54) is 0 Å². The first-order chi connectivity index (χ1) is 10.4. The van der Waals surface area contributed by atoms with Crippen molar-refractivity contribution in [1.82, 2.24) is 0 Å². The lowest BCUT2D eigenvalue weighted by molar-refractivity contribution is -0.216. The molecule has 0 rings (SSSR count). The fourth-order valence-corrected chi connectivity index (χ4v) is 1.83. The quantitative estimate of drug-likeness (QED) is 0.466. The van der Waals surface area contributed by atoms with Crippen LogP contribution in [-0.2, 0) is 42.9 Å². The van der Waals surface area contributed by atoms with Crippen LogP contribution in [0.2, 0.25) is 0 Å². The Morgan fingerprint density at radius 3 is 1.57 bits per heavy atom. The molecule has 0 aliphatic rings. The van der Waals surface area contributed by atoms with Gasteiger partial charge in [-0.2, -0.15) is 0 Å². The largest absolute Gasteiger partial charge is 0.466 e. The minimum atomic E-state index is -2.27. The van der Waals surface area contributed by atoms with Crippen LogP contribution >= 0.6 is 0 Å². The zero-order valence-corrected chi connectivity index (χ0v) is 13.9. The van der Waals surface area contributed by atoms with E-state index >= 15 is 0 Å². The number of methoxy groups -OCH3 is 1. The van der Waals surface area contributed by atoms with E-state index in [1.54, 1.807) is 0 Å². The third-order valence-corrected chi connectivity index (χ3v) is 3.12. The first-order valence-electron chi connectivity index (χ1n) is 6.55. The molecular weight excluding hydrogens is 312 g/mol. The first-order valence-corrected chi connectivity index (χ1v) is 6.55. The average molecular weight is 332 g/mol. The third-order valence-electron chi connectivity index (χ3n) is 3.12. The molecule has 23 heavy (non-hydrogen) atoms. The van der Waals surface area contributed by atoms with Gasteiger partial charge in [0.05, 0.1) is 7.11 Å². The number of hydrogen-bond donors (Lipinski definition) is 0. The molecule has 0 radical (unpaired) electrons. The Bertz CT molecular complexity index is 524. The number of esters is 4. The topological polar surface area (TPSA) is 122 Å². The molecule has 0 spiro atoms. The number of carbonyl (C=O) groups is 5. The molecule has 130 valence electrons. The van der Waals surface area contributed by atoms with Crippen LogP contribution in [0.25, 0.3) is 0 Å². The van der Waals surface area contributed by atoms with E-state index in [0.29, 0.717) is 0 Å². The molecule has 0 aromatic rings. The molecule has 9 heteroatoms. The van der Waals surface area contributed by atoms with E-state index in [1.807, 2.05) is 0 Å². The molecule has 0 bridgehead atoms. The number of ketones is 1.